The Hall–Kier alpha value is -2.34. The predicted molar refractivity (Wildman–Crippen MR) is 94.2 cm³/mol. The molecule has 2 rings (SSSR count). The Labute approximate surface area is 128 Å². The maximum Gasteiger partial charge on any atom is -0.0178 e. The van der Waals surface area contributed by atoms with E-state index >= 15 is 0 Å². The van der Waals surface area contributed by atoms with Gasteiger partial charge in [0.05, 0.1) is 0 Å². The highest BCUT2D eigenvalue weighted by atomic mass is 14.1. The van der Waals surface area contributed by atoms with Crippen molar-refractivity contribution in [2.75, 3.05) is 0 Å². The first-order valence-corrected chi connectivity index (χ1v) is 7.25. The van der Waals surface area contributed by atoms with Crippen LogP contribution < -0.4 is 0 Å². The molecule has 0 fully saturated rings. The molecular weight excluding hydrogens is 252 g/mol. The third-order valence-corrected chi connectivity index (χ3v) is 3.40. The van der Waals surface area contributed by atoms with Gasteiger partial charge in [-0.3, -0.25) is 0 Å². The molecule has 0 aromatic heterocycles. The lowest BCUT2D eigenvalue weighted by Crippen LogP contribution is -1.84. The molecule has 2 aromatic rings. The van der Waals surface area contributed by atoms with Gasteiger partial charge in [-0.2, -0.15) is 0 Å². The van der Waals surface area contributed by atoms with Crippen LogP contribution in [0.15, 0.2) is 78.9 Å². The molecule has 2 aromatic carbocycles. The highest BCUT2D eigenvalue weighted by molar-refractivity contribution is 5.78. The number of rotatable bonds is 4. The second-order valence-electron chi connectivity index (χ2n) is 5.52. The third kappa shape index (κ3) is 4.06. The molecule has 0 N–H and O–H groups in total. The van der Waals surface area contributed by atoms with Crippen LogP contribution in [0.5, 0.6) is 0 Å². The van der Waals surface area contributed by atoms with Crippen molar-refractivity contribution < 1.29 is 0 Å². The summed E-state index contributed by atoms with van der Waals surface area (Å²) in [6.45, 7) is 10.2. The van der Waals surface area contributed by atoms with E-state index in [0.29, 0.717) is 0 Å². The van der Waals surface area contributed by atoms with Gasteiger partial charge in [-0.25, -0.2) is 0 Å². The number of hydrogen-bond donors (Lipinski definition) is 0. The van der Waals surface area contributed by atoms with Crippen molar-refractivity contribution >= 4 is 5.57 Å². The van der Waals surface area contributed by atoms with Crippen molar-refractivity contribution in [3.63, 3.8) is 0 Å². The summed E-state index contributed by atoms with van der Waals surface area (Å²) in [5.74, 6) is 0. The lowest BCUT2D eigenvalue weighted by molar-refractivity contribution is 1.39. The normalized spacial score (nSPS) is 11.1. The summed E-state index contributed by atoms with van der Waals surface area (Å²) in [5.41, 5.74) is 7.38. The van der Waals surface area contributed by atoms with E-state index < -0.39 is 0 Å². The fraction of sp³-hybridized carbons (Fsp3) is 0.143. The van der Waals surface area contributed by atoms with Crippen LogP contribution in [0, 0.1) is 6.92 Å². The zero-order chi connectivity index (χ0) is 15.2. The lowest BCUT2D eigenvalue weighted by atomic mass is 9.98. The molecule has 21 heavy (non-hydrogen) atoms. The summed E-state index contributed by atoms with van der Waals surface area (Å²) in [5, 5.41) is 0. The van der Waals surface area contributed by atoms with Gasteiger partial charge in [-0.15, -0.1) is 0 Å². The Morgan fingerprint density at radius 3 is 2.24 bits per heavy atom. The van der Waals surface area contributed by atoms with Crippen LogP contribution in [-0.4, -0.2) is 0 Å². The van der Waals surface area contributed by atoms with Crippen LogP contribution >= 0.6 is 0 Å². The Balaban J connectivity index is 2.41. The molecule has 0 aliphatic heterocycles. The van der Waals surface area contributed by atoms with Crippen LogP contribution in [0.4, 0.5) is 0 Å². The predicted octanol–water partition coefficient (Wildman–Crippen LogP) is 6.20. The van der Waals surface area contributed by atoms with Crippen LogP contribution in [0.25, 0.3) is 16.7 Å². The van der Waals surface area contributed by atoms with E-state index in [2.05, 4.69) is 88.0 Å². The molecule has 106 valence electrons. The molecular formula is C21H22. The fourth-order valence-corrected chi connectivity index (χ4v) is 2.16. The van der Waals surface area contributed by atoms with Gasteiger partial charge in [0.25, 0.3) is 0 Å². The Bertz CT molecular complexity index is 678. The van der Waals surface area contributed by atoms with Crippen LogP contribution in [0.2, 0.25) is 0 Å². The highest BCUT2D eigenvalue weighted by Gasteiger charge is 2.01. The van der Waals surface area contributed by atoms with Gasteiger partial charge in [0.1, 0.15) is 0 Å². The van der Waals surface area contributed by atoms with Crippen molar-refractivity contribution in [2.24, 2.45) is 0 Å². The van der Waals surface area contributed by atoms with Crippen molar-refractivity contribution in [1.29, 1.82) is 0 Å². The number of allylic oxidation sites excluding steroid dienone is 5. The average molecular weight is 274 g/mol. The molecule has 0 nitrogen and oxygen atoms in total. The minimum atomic E-state index is 1.14. The standard InChI is InChI=1S/C21H22/c1-5-18(12-9-16(2)3)20-7-6-8-21(15-20)19-13-10-17(4)11-14-19/h5-15H,1H2,2-4H3/b18-12+. The summed E-state index contributed by atoms with van der Waals surface area (Å²) in [6, 6.07) is 17.2. The minimum Gasteiger partial charge on any atom is -0.0984 e. The maximum absolute atomic E-state index is 3.93. The van der Waals surface area contributed by atoms with Gasteiger partial charge in [0.15, 0.2) is 0 Å². The first-order chi connectivity index (χ1) is 10.1. The van der Waals surface area contributed by atoms with Gasteiger partial charge < -0.3 is 0 Å². The molecule has 0 aliphatic rings. The summed E-state index contributed by atoms with van der Waals surface area (Å²) < 4.78 is 0. The van der Waals surface area contributed by atoms with Gasteiger partial charge in [0, 0.05) is 0 Å². The molecule has 0 saturated carbocycles. The molecule has 0 saturated heterocycles. The monoisotopic (exact) mass is 274 g/mol. The molecule has 0 heteroatoms. The highest BCUT2D eigenvalue weighted by Crippen LogP contribution is 2.25. The summed E-state index contributed by atoms with van der Waals surface area (Å²) >= 11 is 0. The Morgan fingerprint density at radius 1 is 0.905 bits per heavy atom. The van der Waals surface area contributed by atoms with E-state index in [1.807, 2.05) is 6.08 Å². The minimum absolute atomic E-state index is 1.14. The quantitative estimate of drug-likeness (QED) is 0.582. The number of hydrogen-bond acceptors (Lipinski definition) is 0. The van der Waals surface area contributed by atoms with Gasteiger partial charge >= 0.3 is 0 Å². The fourth-order valence-electron chi connectivity index (χ4n) is 2.16. The van der Waals surface area contributed by atoms with Gasteiger partial charge in [-0.1, -0.05) is 78.4 Å². The van der Waals surface area contributed by atoms with E-state index in [4.69, 9.17) is 0 Å². The van der Waals surface area contributed by atoms with Gasteiger partial charge in [-0.05, 0) is 49.1 Å². The lowest BCUT2D eigenvalue weighted by Gasteiger charge is -2.07. The first kappa shape index (κ1) is 15.1. The van der Waals surface area contributed by atoms with Crippen molar-refractivity contribution in [1.82, 2.24) is 0 Å². The third-order valence-electron chi connectivity index (χ3n) is 3.40. The number of benzene rings is 2. The van der Waals surface area contributed by atoms with E-state index in [-0.39, 0.29) is 0 Å². The zero-order valence-corrected chi connectivity index (χ0v) is 13.1. The molecule has 0 heterocycles. The Morgan fingerprint density at radius 2 is 1.62 bits per heavy atom. The summed E-state index contributed by atoms with van der Waals surface area (Å²) in [6.07, 6.45) is 6.15. The average Bonchev–Trinajstić information content (AvgIpc) is 2.49. The molecule has 0 amide bonds. The molecule has 0 spiro atoms. The molecule has 0 unspecified atom stereocenters. The van der Waals surface area contributed by atoms with E-state index in [0.717, 1.165) is 5.57 Å². The molecule has 0 radical (unpaired) electrons. The summed E-state index contributed by atoms with van der Waals surface area (Å²) in [4.78, 5) is 0. The molecule has 0 atom stereocenters. The van der Waals surface area contributed by atoms with Crippen molar-refractivity contribution in [2.45, 2.75) is 20.8 Å². The van der Waals surface area contributed by atoms with E-state index in [9.17, 15) is 0 Å². The number of aryl methyl sites for hydroxylation is 1. The van der Waals surface area contributed by atoms with Gasteiger partial charge in [0.2, 0.25) is 0 Å². The SMILES string of the molecule is C=C/C(=C\C=C(C)C)c1cccc(-c2ccc(C)cc2)c1. The van der Waals surface area contributed by atoms with Crippen molar-refractivity contribution in [3.8, 4) is 11.1 Å². The second-order valence-corrected chi connectivity index (χ2v) is 5.52. The van der Waals surface area contributed by atoms with Crippen molar-refractivity contribution in [3.05, 3.63) is 90.0 Å². The van der Waals surface area contributed by atoms with Crippen LogP contribution in [0.1, 0.15) is 25.0 Å². The maximum atomic E-state index is 3.93. The first-order valence-electron chi connectivity index (χ1n) is 7.25. The molecule has 0 bridgehead atoms. The van der Waals surface area contributed by atoms with E-state index in [1.165, 1.54) is 27.8 Å². The zero-order valence-electron chi connectivity index (χ0n) is 13.1. The second kappa shape index (κ2) is 6.90. The smallest absolute Gasteiger partial charge is 0.0178 e. The Kier molecular flexibility index (Phi) is 4.94. The molecule has 0 aliphatic carbocycles. The van der Waals surface area contributed by atoms with Crippen LogP contribution in [0.3, 0.4) is 0 Å². The van der Waals surface area contributed by atoms with E-state index in [1.54, 1.807) is 0 Å². The topological polar surface area (TPSA) is 0 Å². The summed E-state index contributed by atoms with van der Waals surface area (Å²) in [7, 11) is 0. The van der Waals surface area contributed by atoms with Crippen LogP contribution in [-0.2, 0) is 0 Å². The largest absolute Gasteiger partial charge is 0.0984 e.